The van der Waals surface area contributed by atoms with Crippen molar-refractivity contribution in [2.24, 2.45) is 5.92 Å². The highest BCUT2D eigenvalue weighted by Gasteiger charge is 2.24. The number of carbonyl (C=O) groups is 2. The summed E-state index contributed by atoms with van der Waals surface area (Å²) in [4.78, 5) is 26.3. The fourth-order valence-corrected chi connectivity index (χ4v) is 4.71. The van der Waals surface area contributed by atoms with E-state index in [4.69, 9.17) is 0 Å². The van der Waals surface area contributed by atoms with E-state index in [0.717, 1.165) is 49.2 Å². The number of fused-ring (bicyclic) bond motifs is 1. The highest BCUT2D eigenvalue weighted by Crippen LogP contribution is 2.28. The fourth-order valence-electron chi connectivity index (χ4n) is 4.71. The lowest BCUT2D eigenvalue weighted by atomic mass is 9.90. The molecule has 0 radical (unpaired) electrons. The van der Waals surface area contributed by atoms with Crippen molar-refractivity contribution in [2.45, 2.75) is 58.0 Å². The van der Waals surface area contributed by atoms with Crippen LogP contribution in [0.1, 0.15) is 60.5 Å². The van der Waals surface area contributed by atoms with E-state index in [1.54, 1.807) is 0 Å². The number of likely N-dealkylation sites (tertiary alicyclic amines) is 1. The molecule has 4 rings (SSSR count). The SMILES string of the molecule is Cc1ccc(CC2CCCN(C(=O)CCC(O)c3ccc4c(c3)CCC(=O)N4)C2)cc1. The number of amides is 2. The number of benzene rings is 2. The number of hydrogen-bond donors (Lipinski definition) is 2. The van der Waals surface area contributed by atoms with Crippen LogP contribution in [0.25, 0.3) is 0 Å². The van der Waals surface area contributed by atoms with Crippen LogP contribution in [0.3, 0.4) is 0 Å². The zero-order valence-electron chi connectivity index (χ0n) is 18.3. The molecular formula is C26H32N2O3. The van der Waals surface area contributed by atoms with Gasteiger partial charge in [0.1, 0.15) is 0 Å². The molecule has 0 saturated carbocycles. The average Bonchev–Trinajstić information content (AvgIpc) is 2.78. The van der Waals surface area contributed by atoms with Gasteiger partial charge in [0, 0.05) is 31.6 Å². The highest BCUT2D eigenvalue weighted by atomic mass is 16.3. The lowest BCUT2D eigenvalue weighted by Crippen LogP contribution is -2.40. The van der Waals surface area contributed by atoms with Crippen LogP contribution in [0.4, 0.5) is 5.69 Å². The van der Waals surface area contributed by atoms with Crippen molar-refractivity contribution in [3.05, 3.63) is 64.7 Å². The van der Waals surface area contributed by atoms with E-state index in [-0.39, 0.29) is 11.8 Å². The van der Waals surface area contributed by atoms with Crippen LogP contribution >= 0.6 is 0 Å². The van der Waals surface area contributed by atoms with Crippen molar-refractivity contribution in [3.8, 4) is 0 Å². The van der Waals surface area contributed by atoms with Crippen LogP contribution in [-0.2, 0) is 22.4 Å². The molecule has 0 bridgehead atoms. The van der Waals surface area contributed by atoms with E-state index in [2.05, 4.69) is 36.5 Å². The molecule has 2 N–H and O–H groups in total. The average molecular weight is 421 g/mol. The van der Waals surface area contributed by atoms with Crippen molar-refractivity contribution < 1.29 is 14.7 Å². The Labute approximate surface area is 184 Å². The van der Waals surface area contributed by atoms with Gasteiger partial charge in [0.25, 0.3) is 0 Å². The first kappa shape index (κ1) is 21.6. The summed E-state index contributed by atoms with van der Waals surface area (Å²) in [5, 5.41) is 13.5. The predicted molar refractivity (Wildman–Crippen MR) is 122 cm³/mol. The summed E-state index contributed by atoms with van der Waals surface area (Å²) in [6.07, 6.45) is 4.49. The maximum absolute atomic E-state index is 12.8. The van der Waals surface area contributed by atoms with Gasteiger partial charge in [-0.05, 0) is 67.7 Å². The Morgan fingerprint density at radius 3 is 2.81 bits per heavy atom. The number of piperidine rings is 1. The van der Waals surface area contributed by atoms with Crippen LogP contribution in [0.5, 0.6) is 0 Å². The summed E-state index contributed by atoms with van der Waals surface area (Å²) < 4.78 is 0. The Balaban J connectivity index is 1.29. The predicted octanol–water partition coefficient (Wildman–Crippen LogP) is 4.17. The van der Waals surface area contributed by atoms with Gasteiger partial charge < -0.3 is 15.3 Å². The summed E-state index contributed by atoms with van der Waals surface area (Å²) in [6.45, 7) is 3.72. The molecule has 0 aliphatic carbocycles. The van der Waals surface area contributed by atoms with E-state index in [1.807, 2.05) is 23.1 Å². The Morgan fingerprint density at radius 2 is 2.00 bits per heavy atom. The molecule has 2 aromatic rings. The zero-order chi connectivity index (χ0) is 21.8. The molecule has 1 fully saturated rings. The number of anilines is 1. The lowest BCUT2D eigenvalue weighted by Gasteiger charge is -2.33. The van der Waals surface area contributed by atoms with E-state index in [9.17, 15) is 14.7 Å². The van der Waals surface area contributed by atoms with Crippen molar-refractivity contribution >= 4 is 17.5 Å². The first-order valence-corrected chi connectivity index (χ1v) is 11.4. The molecule has 5 heteroatoms. The lowest BCUT2D eigenvalue weighted by molar-refractivity contribution is -0.133. The summed E-state index contributed by atoms with van der Waals surface area (Å²) >= 11 is 0. The molecule has 164 valence electrons. The van der Waals surface area contributed by atoms with Gasteiger partial charge in [-0.2, -0.15) is 0 Å². The number of nitrogens with one attached hydrogen (secondary N) is 1. The van der Waals surface area contributed by atoms with Crippen molar-refractivity contribution in [3.63, 3.8) is 0 Å². The largest absolute Gasteiger partial charge is 0.388 e. The van der Waals surface area contributed by atoms with E-state index in [1.165, 1.54) is 11.1 Å². The molecule has 2 heterocycles. The smallest absolute Gasteiger partial charge is 0.224 e. The quantitative estimate of drug-likeness (QED) is 0.737. The third kappa shape index (κ3) is 5.53. The van der Waals surface area contributed by atoms with Gasteiger partial charge in [0.15, 0.2) is 0 Å². The monoisotopic (exact) mass is 420 g/mol. The van der Waals surface area contributed by atoms with Crippen molar-refractivity contribution in [2.75, 3.05) is 18.4 Å². The van der Waals surface area contributed by atoms with Crippen LogP contribution in [0.15, 0.2) is 42.5 Å². The first-order valence-electron chi connectivity index (χ1n) is 11.4. The second-order valence-corrected chi connectivity index (χ2v) is 9.06. The van der Waals surface area contributed by atoms with Gasteiger partial charge in [-0.15, -0.1) is 0 Å². The molecule has 2 unspecified atom stereocenters. The van der Waals surface area contributed by atoms with E-state index >= 15 is 0 Å². The molecule has 1 saturated heterocycles. The third-order valence-corrected chi connectivity index (χ3v) is 6.56. The summed E-state index contributed by atoms with van der Waals surface area (Å²) in [6, 6.07) is 14.3. The summed E-state index contributed by atoms with van der Waals surface area (Å²) in [5.74, 6) is 0.674. The number of aliphatic hydroxyl groups is 1. The standard InChI is InChI=1S/C26H32N2O3/c1-18-4-6-19(7-5-18)15-20-3-2-14-28(17-20)26(31)13-11-24(29)22-8-10-23-21(16-22)9-12-25(30)27-23/h4-8,10,16,20,24,29H,2-3,9,11-15,17H2,1H3,(H,27,30). The van der Waals surface area contributed by atoms with Gasteiger partial charge in [-0.3, -0.25) is 9.59 Å². The number of hydrogen-bond acceptors (Lipinski definition) is 3. The molecular weight excluding hydrogens is 388 g/mol. The molecule has 2 atom stereocenters. The minimum atomic E-state index is -0.667. The summed E-state index contributed by atoms with van der Waals surface area (Å²) in [5.41, 5.74) is 5.31. The van der Waals surface area contributed by atoms with Gasteiger partial charge in [-0.1, -0.05) is 42.0 Å². The number of carbonyl (C=O) groups excluding carboxylic acids is 2. The molecule has 5 nitrogen and oxygen atoms in total. The fraction of sp³-hybridized carbons (Fsp3) is 0.462. The number of aliphatic hydroxyl groups excluding tert-OH is 1. The molecule has 2 amide bonds. The topological polar surface area (TPSA) is 69.6 Å². The normalized spacial score (nSPS) is 19.5. The molecule has 0 aromatic heterocycles. The zero-order valence-corrected chi connectivity index (χ0v) is 18.3. The Bertz CT molecular complexity index is 938. The Kier molecular flexibility index (Phi) is 6.71. The Hall–Kier alpha value is -2.66. The second kappa shape index (κ2) is 9.65. The van der Waals surface area contributed by atoms with Gasteiger partial charge in [0.2, 0.25) is 11.8 Å². The maximum Gasteiger partial charge on any atom is 0.224 e. The van der Waals surface area contributed by atoms with Gasteiger partial charge in [0.05, 0.1) is 6.10 Å². The molecule has 2 aliphatic heterocycles. The van der Waals surface area contributed by atoms with E-state index < -0.39 is 6.10 Å². The molecule has 2 aromatic carbocycles. The minimum absolute atomic E-state index is 0.0357. The second-order valence-electron chi connectivity index (χ2n) is 9.06. The highest BCUT2D eigenvalue weighted by molar-refractivity contribution is 5.93. The number of aryl methyl sites for hydroxylation is 2. The molecule has 2 aliphatic rings. The van der Waals surface area contributed by atoms with Crippen LogP contribution in [-0.4, -0.2) is 34.9 Å². The van der Waals surface area contributed by atoms with E-state index in [0.29, 0.717) is 31.6 Å². The van der Waals surface area contributed by atoms with Crippen LogP contribution in [0, 0.1) is 12.8 Å². The van der Waals surface area contributed by atoms with Crippen LogP contribution in [0.2, 0.25) is 0 Å². The van der Waals surface area contributed by atoms with Gasteiger partial charge in [-0.25, -0.2) is 0 Å². The van der Waals surface area contributed by atoms with Crippen molar-refractivity contribution in [1.29, 1.82) is 0 Å². The Morgan fingerprint density at radius 1 is 1.19 bits per heavy atom. The van der Waals surface area contributed by atoms with Gasteiger partial charge >= 0.3 is 0 Å². The molecule has 31 heavy (non-hydrogen) atoms. The number of nitrogens with zero attached hydrogens (tertiary/aromatic N) is 1. The minimum Gasteiger partial charge on any atom is -0.388 e. The number of rotatable bonds is 6. The first-order chi connectivity index (χ1) is 15.0. The molecule has 0 spiro atoms. The third-order valence-electron chi connectivity index (χ3n) is 6.56. The van der Waals surface area contributed by atoms with Crippen LogP contribution < -0.4 is 5.32 Å². The maximum atomic E-state index is 12.8. The van der Waals surface area contributed by atoms with Crippen molar-refractivity contribution in [1.82, 2.24) is 4.90 Å². The summed E-state index contributed by atoms with van der Waals surface area (Å²) in [7, 11) is 0.